The summed E-state index contributed by atoms with van der Waals surface area (Å²) in [6.45, 7) is 1.94. The molecule has 0 radical (unpaired) electrons. The van der Waals surface area contributed by atoms with Crippen molar-refractivity contribution in [2.75, 3.05) is 32.5 Å². The van der Waals surface area contributed by atoms with E-state index in [2.05, 4.69) is 15.6 Å². The van der Waals surface area contributed by atoms with Gasteiger partial charge in [-0.2, -0.15) is 0 Å². The molecule has 17 heavy (non-hydrogen) atoms. The van der Waals surface area contributed by atoms with Gasteiger partial charge in [-0.3, -0.25) is 4.79 Å². The van der Waals surface area contributed by atoms with Gasteiger partial charge in [0.15, 0.2) is 0 Å². The third-order valence-corrected chi connectivity index (χ3v) is 2.85. The van der Waals surface area contributed by atoms with Crippen molar-refractivity contribution < 1.29 is 4.79 Å². The van der Waals surface area contributed by atoms with E-state index in [9.17, 15) is 4.79 Å². The lowest BCUT2D eigenvalue weighted by Crippen LogP contribution is -2.27. The summed E-state index contributed by atoms with van der Waals surface area (Å²) in [7, 11) is 3.49. The smallest absolute Gasteiger partial charge is 0.257 e. The average molecular weight is 234 g/mol. The second-order valence-corrected chi connectivity index (χ2v) is 4.43. The zero-order chi connectivity index (χ0) is 12.3. The minimum atomic E-state index is -0.0217. The third-order valence-electron chi connectivity index (χ3n) is 2.85. The van der Waals surface area contributed by atoms with E-state index in [0.717, 1.165) is 19.5 Å². The number of hydrogen-bond donors (Lipinski definition) is 2. The molecule has 0 aromatic carbocycles. The van der Waals surface area contributed by atoms with E-state index in [-0.39, 0.29) is 5.91 Å². The van der Waals surface area contributed by atoms with Crippen molar-refractivity contribution in [1.82, 2.24) is 15.2 Å². The van der Waals surface area contributed by atoms with Crippen LogP contribution in [0.3, 0.4) is 0 Å². The predicted octanol–water partition coefficient (Wildman–Crippen LogP) is 0.557. The van der Waals surface area contributed by atoms with Crippen LogP contribution < -0.4 is 10.6 Å². The molecule has 0 spiro atoms. The molecule has 2 N–H and O–H groups in total. The number of pyridine rings is 1. The summed E-state index contributed by atoms with van der Waals surface area (Å²) >= 11 is 0. The highest BCUT2D eigenvalue weighted by molar-refractivity contribution is 5.98. The molecule has 5 heteroatoms. The van der Waals surface area contributed by atoms with Gasteiger partial charge in [0.05, 0.1) is 5.56 Å². The van der Waals surface area contributed by atoms with E-state index in [1.165, 1.54) is 0 Å². The van der Waals surface area contributed by atoms with E-state index in [1.54, 1.807) is 37.3 Å². The fourth-order valence-corrected chi connectivity index (χ4v) is 1.90. The highest BCUT2D eigenvalue weighted by atomic mass is 16.2. The molecule has 1 saturated heterocycles. The standard InChI is InChI=1S/C12H18N4O/c1-16(2)12(17)10-4-3-6-14-11(10)15-9-5-7-13-8-9/h3-4,6,9,13H,5,7-8H2,1-2H3,(H,14,15). The van der Waals surface area contributed by atoms with Crippen molar-refractivity contribution in [3.63, 3.8) is 0 Å². The Labute approximate surface area is 101 Å². The van der Waals surface area contributed by atoms with Crippen molar-refractivity contribution in [2.45, 2.75) is 12.5 Å². The minimum Gasteiger partial charge on any atom is -0.365 e. The van der Waals surface area contributed by atoms with Gasteiger partial charge in [-0.15, -0.1) is 0 Å². The quantitative estimate of drug-likeness (QED) is 0.802. The topological polar surface area (TPSA) is 57.3 Å². The first-order valence-electron chi connectivity index (χ1n) is 5.82. The van der Waals surface area contributed by atoms with Crippen LogP contribution in [0.2, 0.25) is 0 Å². The summed E-state index contributed by atoms with van der Waals surface area (Å²) in [6.07, 6.45) is 2.77. The Hall–Kier alpha value is -1.62. The molecular weight excluding hydrogens is 216 g/mol. The number of aromatic nitrogens is 1. The zero-order valence-electron chi connectivity index (χ0n) is 10.2. The van der Waals surface area contributed by atoms with Gasteiger partial charge in [-0.25, -0.2) is 4.98 Å². The zero-order valence-corrected chi connectivity index (χ0v) is 10.2. The van der Waals surface area contributed by atoms with Crippen LogP contribution in [-0.2, 0) is 0 Å². The molecular formula is C12H18N4O. The molecule has 1 aliphatic heterocycles. The molecule has 2 rings (SSSR count). The SMILES string of the molecule is CN(C)C(=O)c1cccnc1NC1CCNC1. The van der Waals surface area contributed by atoms with Gasteiger partial charge in [-0.05, 0) is 25.1 Å². The Bertz CT molecular complexity index is 399. The van der Waals surface area contributed by atoms with Crippen LogP contribution >= 0.6 is 0 Å². The molecule has 0 saturated carbocycles. The van der Waals surface area contributed by atoms with Gasteiger partial charge in [0.25, 0.3) is 5.91 Å². The van der Waals surface area contributed by atoms with Gasteiger partial charge in [-0.1, -0.05) is 0 Å². The van der Waals surface area contributed by atoms with Crippen LogP contribution in [0.4, 0.5) is 5.82 Å². The fraction of sp³-hybridized carbons (Fsp3) is 0.500. The maximum Gasteiger partial charge on any atom is 0.257 e. The Morgan fingerprint density at radius 3 is 3.06 bits per heavy atom. The van der Waals surface area contributed by atoms with E-state index >= 15 is 0 Å². The van der Waals surface area contributed by atoms with Crippen LogP contribution in [-0.4, -0.2) is 49.0 Å². The van der Waals surface area contributed by atoms with E-state index in [0.29, 0.717) is 17.4 Å². The summed E-state index contributed by atoms with van der Waals surface area (Å²) in [4.78, 5) is 17.8. The fourth-order valence-electron chi connectivity index (χ4n) is 1.90. The Balaban J connectivity index is 2.17. The predicted molar refractivity (Wildman–Crippen MR) is 67.2 cm³/mol. The number of anilines is 1. The molecule has 0 bridgehead atoms. The highest BCUT2D eigenvalue weighted by Gasteiger charge is 2.19. The van der Waals surface area contributed by atoms with E-state index in [1.807, 2.05) is 0 Å². The molecule has 2 heterocycles. The highest BCUT2D eigenvalue weighted by Crippen LogP contribution is 2.15. The molecule has 1 aromatic heterocycles. The number of nitrogens with zero attached hydrogens (tertiary/aromatic N) is 2. The monoisotopic (exact) mass is 234 g/mol. The molecule has 0 aliphatic carbocycles. The van der Waals surface area contributed by atoms with Crippen LogP contribution in [0.15, 0.2) is 18.3 Å². The summed E-state index contributed by atoms with van der Waals surface area (Å²) in [6, 6.07) is 3.95. The summed E-state index contributed by atoms with van der Waals surface area (Å²) in [5.74, 6) is 0.659. The molecule has 5 nitrogen and oxygen atoms in total. The van der Waals surface area contributed by atoms with Crippen molar-refractivity contribution >= 4 is 11.7 Å². The maximum atomic E-state index is 12.0. The first-order valence-corrected chi connectivity index (χ1v) is 5.82. The van der Waals surface area contributed by atoms with E-state index in [4.69, 9.17) is 0 Å². The first kappa shape index (κ1) is 11.9. The molecule has 1 unspecified atom stereocenters. The average Bonchev–Trinajstić information content (AvgIpc) is 2.81. The Kier molecular flexibility index (Phi) is 3.58. The maximum absolute atomic E-state index is 12.0. The first-order chi connectivity index (χ1) is 8.18. The Morgan fingerprint density at radius 1 is 1.59 bits per heavy atom. The summed E-state index contributed by atoms with van der Waals surface area (Å²) < 4.78 is 0. The number of carbonyl (C=O) groups is 1. The van der Waals surface area contributed by atoms with Crippen molar-refractivity contribution in [3.8, 4) is 0 Å². The van der Waals surface area contributed by atoms with Gasteiger partial charge in [0.1, 0.15) is 5.82 Å². The van der Waals surface area contributed by atoms with Gasteiger partial charge >= 0.3 is 0 Å². The molecule has 92 valence electrons. The number of rotatable bonds is 3. The lowest BCUT2D eigenvalue weighted by atomic mass is 10.2. The van der Waals surface area contributed by atoms with Crippen LogP contribution in [0.25, 0.3) is 0 Å². The van der Waals surface area contributed by atoms with Gasteiger partial charge < -0.3 is 15.5 Å². The van der Waals surface area contributed by atoms with Crippen LogP contribution in [0.5, 0.6) is 0 Å². The van der Waals surface area contributed by atoms with Crippen LogP contribution in [0.1, 0.15) is 16.8 Å². The lowest BCUT2D eigenvalue weighted by molar-refractivity contribution is 0.0828. The lowest BCUT2D eigenvalue weighted by Gasteiger charge is -2.17. The Morgan fingerprint density at radius 2 is 2.41 bits per heavy atom. The third kappa shape index (κ3) is 2.74. The molecule has 1 aromatic rings. The van der Waals surface area contributed by atoms with Crippen molar-refractivity contribution in [2.24, 2.45) is 0 Å². The normalized spacial score (nSPS) is 19.1. The number of carbonyl (C=O) groups excluding carboxylic acids is 1. The second kappa shape index (κ2) is 5.14. The van der Waals surface area contributed by atoms with Crippen molar-refractivity contribution in [1.29, 1.82) is 0 Å². The van der Waals surface area contributed by atoms with E-state index < -0.39 is 0 Å². The van der Waals surface area contributed by atoms with Crippen LogP contribution in [0, 0.1) is 0 Å². The van der Waals surface area contributed by atoms with Crippen molar-refractivity contribution in [3.05, 3.63) is 23.9 Å². The second-order valence-electron chi connectivity index (χ2n) is 4.43. The number of hydrogen-bond acceptors (Lipinski definition) is 4. The molecule has 1 amide bonds. The van der Waals surface area contributed by atoms with Gasteiger partial charge in [0.2, 0.25) is 0 Å². The number of amides is 1. The molecule has 1 aliphatic rings. The van der Waals surface area contributed by atoms with Gasteiger partial charge in [0, 0.05) is 32.9 Å². The largest absolute Gasteiger partial charge is 0.365 e. The molecule has 1 atom stereocenters. The summed E-state index contributed by atoms with van der Waals surface area (Å²) in [5, 5.41) is 6.60. The summed E-state index contributed by atoms with van der Waals surface area (Å²) in [5.41, 5.74) is 0.629. The minimum absolute atomic E-state index is 0.0217. The number of nitrogens with one attached hydrogen (secondary N) is 2. The molecule has 1 fully saturated rings.